The molecule has 0 amide bonds. The molecule has 0 aromatic carbocycles. The van der Waals surface area contributed by atoms with Crippen molar-refractivity contribution in [2.75, 3.05) is 12.4 Å². The Morgan fingerprint density at radius 2 is 2.70 bits per heavy atom. The Labute approximate surface area is 63.6 Å². The fraction of sp³-hybridized carbons (Fsp3) is 0.286. The lowest BCUT2D eigenvalue weighted by atomic mass is 10.4. The van der Waals surface area contributed by atoms with Gasteiger partial charge in [-0.2, -0.15) is 0 Å². The molecular formula is C7H6NOS. The van der Waals surface area contributed by atoms with Gasteiger partial charge in [0.2, 0.25) is 0 Å². The Morgan fingerprint density at radius 3 is 3.60 bits per heavy atom. The Balaban J connectivity index is 2.41. The molecule has 1 aromatic heterocycles. The number of fused-ring (bicyclic) bond motifs is 1. The Morgan fingerprint density at radius 1 is 1.70 bits per heavy atom. The number of ether oxygens (including phenoxy) is 1. The van der Waals surface area contributed by atoms with Crippen LogP contribution in [0, 0.1) is 6.20 Å². The number of aromatic nitrogens is 1. The second-order valence-corrected chi connectivity index (χ2v) is 3.09. The van der Waals surface area contributed by atoms with Crippen LogP contribution in [0.2, 0.25) is 0 Å². The summed E-state index contributed by atoms with van der Waals surface area (Å²) < 4.78 is 5.33. The van der Waals surface area contributed by atoms with E-state index in [1.165, 1.54) is 0 Å². The van der Waals surface area contributed by atoms with E-state index in [2.05, 4.69) is 11.2 Å². The molecule has 3 heteroatoms. The summed E-state index contributed by atoms with van der Waals surface area (Å²) in [6.45, 7) is 0.801. The number of thioether (sulfide) groups is 1. The van der Waals surface area contributed by atoms with Gasteiger partial charge in [0.1, 0.15) is 5.75 Å². The maximum Gasteiger partial charge on any atom is 0.136 e. The molecular weight excluding hydrogens is 146 g/mol. The van der Waals surface area contributed by atoms with Crippen LogP contribution in [0.25, 0.3) is 0 Å². The molecule has 0 unspecified atom stereocenters. The number of pyridine rings is 1. The molecule has 0 fully saturated rings. The van der Waals surface area contributed by atoms with Gasteiger partial charge in [-0.05, 0) is 0 Å². The van der Waals surface area contributed by atoms with Crippen molar-refractivity contribution in [2.45, 2.75) is 4.90 Å². The van der Waals surface area contributed by atoms with E-state index in [-0.39, 0.29) is 0 Å². The van der Waals surface area contributed by atoms with E-state index in [1.807, 2.05) is 0 Å². The maximum absolute atomic E-state index is 5.33. The van der Waals surface area contributed by atoms with Crippen LogP contribution in [-0.2, 0) is 0 Å². The van der Waals surface area contributed by atoms with Crippen LogP contribution < -0.4 is 4.74 Å². The van der Waals surface area contributed by atoms with Crippen LogP contribution in [0.5, 0.6) is 5.75 Å². The molecule has 1 aliphatic heterocycles. The molecule has 10 heavy (non-hydrogen) atoms. The third kappa shape index (κ3) is 0.968. The summed E-state index contributed by atoms with van der Waals surface area (Å²) in [5.74, 6) is 1.95. The van der Waals surface area contributed by atoms with Gasteiger partial charge in [0.25, 0.3) is 0 Å². The van der Waals surface area contributed by atoms with E-state index in [1.54, 1.807) is 24.0 Å². The zero-order valence-electron chi connectivity index (χ0n) is 5.33. The Kier molecular flexibility index (Phi) is 1.51. The highest BCUT2D eigenvalue weighted by molar-refractivity contribution is 7.99. The SMILES string of the molecule is [c]1cc2c(cn1)SCCO2. The van der Waals surface area contributed by atoms with Crippen molar-refractivity contribution in [1.82, 2.24) is 4.98 Å². The van der Waals surface area contributed by atoms with Crippen LogP contribution in [0.1, 0.15) is 0 Å². The average molecular weight is 152 g/mol. The van der Waals surface area contributed by atoms with Gasteiger partial charge >= 0.3 is 0 Å². The van der Waals surface area contributed by atoms with E-state index in [0.717, 1.165) is 23.0 Å². The molecule has 1 aliphatic rings. The van der Waals surface area contributed by atoms with Crippen LogP contribution in [-0.4, -0.2) is 17.3 Å². The highest BCUT2D eigenvalue weighted by Crippen LogP contribution is 2.30. The summed E-state index contributed by atoms with van der Waals surface area (Å²) in [5, 5.41) is 0. The highest BCUT2D eigenvalue weighted by Gasteiger charge is 2.08. The van der Waals surface area contributed by atoms with Gasteiger partial charge in [0.15, 0.2) is 0 Å². The zero-order chi connectivity index (χ0) is 6.81. The topological polar surface area (TPSA) is 22.1 Å². The first-order valence-electron chi connectivity index (χ1n) is 3.08. The van der Waals surface area contributed by atoms with Crippen molar-refractivity contribution in [3.63, 3.8) is 0 Å². The van der Waals surface area contributed by atoms with Crippen molar-refractivity contribution < 1.29 is 4.74 Å². The molecule has 1 aromatic rings. The zero-order valence-corrected chi connectivity index (χ0v) is 6.15. The minimum Gasteiger partial charge on any atom is -0.491 e. The quantitative estimate of drug-likeness (QED) is 0.560. The summed E-state index contributed by atoms with van der Waals surface area (Å²) in [5.41, 5.74) is 0. The van der Waals surface area contributed by atoms with Gasteiger partial charge in [-0.1, -0.05) is 0 Å². The minimum atomic E-state index is 0.801. The first-order chi connectivity index (χ1) is 4.97. The van der Waals surface area contributed by atoms with Crippen LogP contribution >= 0.6 is 11.8 Å². The number of hydrogen-bond donors (Lipinski definition) is 0. The van der Waals surface area contributed by atoms with Gasteiger partial charge in [-0.15, -0.1) is 11.8 Å². The number of rotatable bonds is 0. The summed E-state index contributed by atoms with van der Waals surface area (Å²) in [7, 11) is 0. The third-order valence-electron chi connectivity index (χ3n) is 1.29. The molecule has 1 radical (unpaired) electrons. The predicted octanol–water partition coefficient (Wildman–Crippen LogP) is 1.37. The van der Waals surface area contributed by atoms with Crippen molar-refractivity contribution in [3.05, 3.63) is 18.5 Å². The normalized spacial score (nSPS) is 15.6. The summed E-state index contributed by atoms with van der Waals surface area (Å²) in [6, 6.07) is 1.78. The minimum absolute atomic E-state index is 0.801. The van der Waals surface area contributed by atoms with Gasteiger partial charge < -0.3 is 4.74 Å². The molecule has 0 N–H and O–H groups in total. The van der Waals surface area contributed by atoms with E-state index in [4.69, 9.17) is 4.74 Å². The monoisotopic (exact) mass is 152 g/mol. The molecule has 0 bridgehead atoms. The highest BCUT2D eigenvalue weighted by atomic mass is 32.2. The summed E-state index contributed by atoms with van der Waals surface area (Å²) in [6.07, 6.45) is 4.52. The lowest BCUT2D eigenvalue weighted by molar-refractivity contribution is 0.329. The second-order valence-electron chi connectivity index (χ2n) is 1.96. The number of hydrogen-bond acceptors (Lipinski definition) is 3. The lowest BCUT2D eigenvalue weighted by Gasteiger charge is -2.14. The maximum atomic E-state index is 5.33. The van der Waals surface area contributed by atoms with E-state index in [9.17, 15) is 0 Å². The average Bonchev–Trinajstić information content (AvgIpc) is 2.05. The second kappa shape index (κ2) is 2.50. The smallest absolute Gasteiger partial charge is 0.136 e. The summed E-state index contributed by atoms with van der Waals surface area (Å²) >= 11 is 1.78. The van der Waals surface area contributed by atoms with Crippen molar-refractivity contribution in [1.29, 1.82) is 0 Å². The van der Waals surface area contributed by atoms with E-state index < -0.39 is 0 Å². The molecule has 0 aliphatic carbocycles. The van der Waals surface area contributed by atoms with E-state index in [0.29, 0.717) is 0 Å². The molecule has 2 nitrogen and oxygen atoms in total. The lowest BCUT2D eigenvalue weighted by Crippen LogP contribution is -2.06. The van der Waals surface area contributed by atoms with Gasteiger partial charge in [0, 0.05) is 18.0 Å². The molecule has 2 heterocycles. The van der Waals surface area contributed by atoms with E-state index >= 15 is 0 Å². The predicted molar refractivity (Wildman–Crippen MR) is 39.3 cm³/mol. The first-order valence-corrected chi connectivity index (χ1v) is 4.07. The molecule has 0 atom stereocenters. The molecule has 0 saturated heterocycles. The Hall–Kier alpha value is -0.700. The standard InChI is InChI=1S/C7H6NOS/c1-2-8-5-7-6(1)9-3-4-10-7/h1,5H,3-4H2. The van der Waals surface area contributed by atoms with Crippen LogP contribution in [0.15, 0.2) is 17.2 Å². The Bertz CT molecular complexity index is 214. The molecule has 0 saturated carbocycles. The van der Waals surface area contributed by atoms with Crippen molar-refractivity contribution in [2.24, 2.45) is 0 Å². The van der Waals surface area contributed by atoms with Gasteiger partial charge in [-0.25, -0.2) is 0 Å². The summed E-state index contributed by atoms with van der Waals surface area (Å²) in [4.78, 5) is 5.00. The third-order valence-corrected chi connectivity index (χ3v) is 2.28. The van der Waals surface area contributed by atoms with Gasteiger partial charge in [0.05, 0.1) is 17.7 Å². The fourth-order valence-corrected chi connectivity index (χ4v) is 1.62. The van der Waals surface area contributed by atoms with Crippen LogP contribution in [0.4, 0.5) is 0 Å². The largest absolute Gasteiger partial charge is 0.491 e. The van der Waals surface area contributed by atoms with Gasteiger partial charge in [-0.3, -0.25) is 4.98 Å². The van der Waals surface area contributed by atoms with Crippen LogP contribution in [0.3, 0.4) is 0 Å². The first kappa shape index (κ1) is 6.04. The molecule has 2 rings (SSSR count). The fourth-order valence-electron chi connectivity index (χ4n) is 0.851. The van der Waals surface area contributed by atoms with Crippen molar-refractivity contribution >= 4 is 11.8 Å². The molecule has 0 spiro atoms. The van der Waals surface area contributed by atoms with Crippen molar-refractivity contribution in [3.8, 4) is 5.75 Å². The molecule has 51 valence electrons. The number of nitrogens with zero attached hydrogens (tertiary/aromatic N) is 1.